The largest absolute Gasteiger partial charge is 0.478 e. The highest BCUT2D eigenvalue weighted by Crippen LogP contribution is 2.33. The molecule has 0 aliphatic rings. The summed E-state index contributed by atoms with van der Waals surface area (Å²) in [5, 5.41) is 10.3. The zero-order valence-corrected chi connectivity index (χ0v) is 12.6. The van der Waals surface area contributed by atoms with E-state index in [1.165, 1.54) is 18.5 Å². The topological polar surface area (TPSA) is 55.1 Å². The van der Waals surface area contributed by atoms with Crippen molar-refractivity contribution in [2.45, 2.75) is 0 Å². The molecule has 0 radical (unpaired) electrons. The molecule has 0 spiro atoms. The van der Waals surface area contributed by atoms with E-state index in [1.54, 1.807) is 22.8 Å². The Labute approximate surface area is 134 Å². The molecule has 0 unspecified atom stereocenters. The van der Waals surface area contributed by atoms with Crippen LogP contribution in [0.4, 0.5) is 0 Å². The first-order valence-electron chi connectivity index (χ1n) is 5.83. The van der Waals surface area contributed by atoms with Crippen molar-refractivity contribution in [1.29, 1.82) is 0 Å². The number of aromatic nitrogens is 2. The van der Waals surface area contributed by atoms with Gasteiger partial charge in [-0.3, -0.25) is 4.57 Å². The third-order valence-electron chi connectivity index (χ3n) is 3.05. The van der Waals surface area contributed by atoms with E-state index in [1.807, 2.05) is 0 Å². The van der Waals surface area contributed by atoms with Crippen molar-refractivity contribution in [3.05, 3.63) is 57.3 Å². The van der Waals surface area contributed by atoms with Crippen molar-refractivity contribution >= 4 is 51.8 Å². The first-order valence-corrected chi connectivity index (χ1v) is 6.96. The highest BCUT2D eigenvalue weighted by molar-refractivity contribution is 6.43. The molecule has 1 aromatic heterocycles. The second-order valence-electron chi connectivity index (χ2n) is 4.31. The van der Waals surface area contributed by atoms with E-state index < -0.39 is 5.97 Å². The standard InChI is InChI=1S/C14H7Cl3N2O2/c15-8-4-10(17)12(5-9(8)16)19-6-18-11-3-1-2-7(13(11)19)14(20)21/h1-6H,(H,20,21). The minimum Gasteiger partial charge on any atom is -0.478 e. The molecule has 0 aliphatic heterocycles. The summed E-state index contributed by atoms with van der Waals surface area (Å²) in [4.78, 5) is 15.6. The van der Waals surface area contributed by atoms with Crippen LogP contribution in [-0.4, -0.2) is 20.6 Å². The Morgan fingerprint density at radius 2 is 1.81 bits per heavy atom. The van der Waals surface area contributed by atoms with Crippen molar-refractivity contribution in [2.75, 3.05) is 0 Å². The van der Waals surface area contributed by atoms with E-state index in [4.69, 9.17) is 34.8 Å². The first-order chi connectivity index (χ1) is 9.99. The number of aromatic carboxylic acids is 1. The number of halogens is 3. The average molecular weight is 342 g/mol. The Morgan fingerprint density at radius 3 is 2.52 bits per heavy atom. The van der Waals surface area contributed by atoms with Crippen LogP contribution < -0.4 is 0 Å². The summed E-state index contributed by atoms with van der Waals surface area (Å²) in [6.45, 7) is 0. The van der Waals surface area contributed by atoms with E-state index in [2.05, 4.69) is 4.98 Å². The molecule has 1 heterocycles. The van der Waals surface area contributed by atoms with E-state index >= 15 is 0 Å². The summed E-state index contributed by atoms with van der Waals surface area (Å²) in [6, 6.07) is 7.96. The van der Waals surface area contributed by atoms with Gasteiger partial charge < -0.3 is 5.11 Å². The van der Waals surface area contributed by atoms with Gasteiger partial charge in [0, 0.05) is 0 Å². The fourth-order valence-electron chi connectivity index (χ4n) is 2.12. The third kappa shape index (κ3) is 2.35. The maximum atomic E-state index is 11.4. The highest BCUT2D eigenvalue weighted by atomic mass is 35.5. The molecule has 0 atom stereocenters. The van der Waals surface area contributed by atoms with Gasteiger partial charge in [0.2, 0.25) is 0 Å². The lowest BCUT2D eigenvalue weighted by atomic mass is 10.2. The predicted molar refractivity (Wildman–Crippen MR) is 83.1 cm³/mol. The molecule has 2 aromatic carbocycles. The second kappa shape index (κ2) is 5.22. The zero-order valence-electron chi connectivity index (χ0n) is 10.3. The van der Waals surface area contributed by atoms with Gasteiger partial charge in [-0.15, -0.1) is 0 Å². The molecular formula is C14H7Cl3N2O2. The lowest BCUT2D eigenvalue weighted by molar-refractivity contribution is 0.0698. The Hall–Kier alpha value is -1.75. The van der Waals surface area contributed by atoms with Crippen LogP contribution in [0.25, 0.3) is 16.7 Å². The van der Waals surface area contributed by atoms with E-state index in [9.17, 15) is 9.90 Å². The fraction of sp³-hybridized carbons (Fsp3) is 0. The molecule has 0 saturated heterocycles. The fourth-order valence-corrected chi connectivity index (χ4v) is 2.75. The van der Waals surface area contributed by atoms with Gasteiger partial charge in [-0.2, -0.15) is 0 Å². The molecule has 0 aliphatic carbocycles. The number of imidazole rings is 1. The number of carboxylic acids is 1. The number of carboxylic acid groups (broad SMARTS) is 1. The molecule has 7 heteroatoms. The number of benzene rings is 2. The molecule has 0 saturated carbocycles. The van der Waals surface area contributed by atoms with Gasteiger partial charge in [0.25, 0.3) is 0 Å². The number of rotatable bonds is 2. The number of hydrogen-bond acceptors (Lipinski definition) is 2. The molecule has 0 amide bonds. The normalized spacial score (nSPS) is 11.0. The highest BCUT2D eigenvalue weighted by Gasteiger charge is 2.16. The molecule has 1 N–H and O–H groups in total. The summed E-state index contributed by atoms with van der Waals surface area (Å²) in [6.07, 6.45) is 1.50. The Balaban J connectivity index is 2.36. The molecule has 0 bridgehead atoms. The molecule has 106 valence electrons. The summed E-state index contributed by atoms with van der Waals surface area (Å²) in [5.41, 5.74) is 1.65. The molecule has 0 fully saturated rings. The van der Waals surface area contributed by atoms with Crippen LogP contribution >= 0.6 is 34.8 Å². The van der Waals surface area contributed by atoms with Gasteiger partial charge in [-0.1, -0.05) is 40.9 Å². The summed E-state index contributed by atoms with van der Waals surface area (Å²) in [7, 11) is 0. The van der Waals surface area contributed by atoms with Crippen molar-refractivity contribution in [2.24, 2.45) is 0 Å². The van der Waals surface area contributed by atoms with Crippen LogP contribution in [0.3, 0.4) is 0 Å². The SMILES string of the molecule is O=C(O)c1cccc2ncn(-c3cc(Cl)c(Cl)cc3Cl)c12. The number of carbonyl (C=O) groups is 1. The van der Waals surface area contributed by atoms with Gasteiger partial charge in [0.05, 0.1) is 37.4 Å². The Bertz CT molecular complexity index is 874. The number of fused-ring (bicyclic) bond motifs is 1. The van der Waals surface area contributed by atoms with Crippen LogP contribution in [0.1, 0.15) is 10.4 Å². The Kier molecular flexibility index (Phi) is 3.53. The smallest absolute Gasteiger partial charge is 0.337 e. The average Bonchev–Trinajstić information content (AvgIpc) is 2.86. The van der Waals surface area contributed by atoms with Crippen LogP contribution in [0.2, 0.25) is 15.1 Å². The monoisotopic (exact) mass is 340 g/mol. The maximum absolute atomic E-state index is 11.4. The van der Waals surface area contributed by atoms with Gasteiger partial charge in [0.1, 0.15) is 6.33 Å². The van der Waals surface area contributed by atoms with Gasteiger partial charge >= 0.3 is 5.97 Å². The van der Waals surface area contributed by atoms with Crippen LogP contribution in [0.5, 0.6) is 0 Å². The number of hydrogen-bond donors (Lipinski definition) is 1. The minimum absolute atomic E-state index is 0.132. The lowest BCUT2D eigenvalue weighted by Crippen LogP contribution is -2.02. The van der Waals surface area contributed by atoms with Crippen molar-refractivity contribution < 1.29 is 9.90 Å². The van der Waals surface area contributed by atoms with Crippen molar-refractivity contribution in [3.8, 4) is 5.69 Å². The number of nitrogens with zero attached hydrogens (tertiary/aromatic N) is 2. The lowest BCUT2D eigenvalue weighted by Gasteiger charge is -2.10. The summed E-state index contributed by atoms with van der Waals surface area (Å²) < 4.78 is 1.59. The van der Waals surface area contributed by atoms with Crippen LogP contribution in [0, 0.1) is 0 Å². The molecular weight excluding hydrogens is 335 g/mol. The van der Waals surface area contributed by atoms with Crippen molar-refractivity contribution in [1.82, 2.24) is 9.55 Å². The van der Waals surface area contributed by atoms with Gasteiger partial charge in [-0.05, 0) is 24.3 Å². The van der Waals surface area contributed by atoms with Crippen molar-refractivity contribution in [3.63, 3.8) is 0 Å². The van der Waals surface area contributed by atoms with E-state index in [-0.39, 0.29) is 5.56 Å². The van der Waals surface area contributed by atoms with Crippen LogP contribution in [0.15, 0.2) is 36.7 Å². The Morgan fingerprint density at radius 1 is 1.10 bits per heavy atom. The van der Waals surface area contributed by atoms with Gasteiger partial charge in [0.15, 0.2) is 0 Å². The molecule has 4 nitrogen and oxygen atoms in total. The van der Waals surface area contributed by atoms with Gasteiger partial charge in [-0.25, -0.2) is 9.78 Å². The third-order valence-corrected chi connectivity index (χ3v) is 4.07. The molecule has 3 rings (SSSR count). The first kappa shape index (κ1) is 14.2. The zero-order chi connectivity index (χ0) is 15.1. The maximum Gasteiger partial charge on any atom is 0.337 e. The number of para-hydroxylation sites is 1. The second-order valence-corrected chi connectivity index (χ2v) is 5.53. The molecule has 3 aromatic rings. The van der Waals surface area contributed by atoms with E-state index in [0.717, 1.165) is 0 Å². The van der Waals surface area contributed by atoms with E-state index in [0.29, 0.717) is 31.8 Å². The predicted octanol–water partition coefficient (Wildman–Crippen LogP) is 4.68. The minimum atomic E-state index is -1.04. The summed E-state index contributed by atoms with van der Waals surface area (Å²) in [5.74, 6) is -1.04. The van der Waals surface area contributed by atoms with Crippen LogP contribution in [-0.2, 0) is 0 Å². The molecule has 21 heavy (non-hydrogen) atoms. The quantitative estimate of drug-likeness (QED) is 0.688. The summed E-state index contributed by atoms with van der Waals surface area (Å²) >= 11 is 18.1.